The van der Waals surface area contributed by atoms with Gasteiger partial charge in [0, 0.05) is 7.05 Å². The fraction of sp³-hybridized carbons (Fsp3) is 0.300. The van der Waals surface area contributed by atoms with Gasteiger partial charge in [-0.05, 0) is 12.1 Å². The standard InChI is InChI=1S/C10H11F3N2O3/c1-15-6-3-5(9(16)17-2)4-7(8(6)14)18-10(11,12)13/h3-4,15H,14H2,1-2H3. The van der Waals surface area contributed by atoms with Gasteiger partial charge in [-0.2, -0.15) is 0 Å². The summed E-state index contributed by atoms with van der Waals surface area (Å²) in [6.45, 7) is 0. The van der Waals surface area contributed by atoms with Gasteiger partial charge in [0.25, 0.3) is 0 Å². The molecule has 18 heavy (non-hydrogen) atoms. The zero-order valence-electron chi connectivity index (χ0n) is 9.59. The minimum Gasteiger partial charge on any atom is -0.465 e. The number of hydrogen-bond donors (Lipinski definition) is 2. The monoisotopic (exact) mass is 264 g/mol. The molecule has 0 unspecified atom stereocenters. The van der Waals surface area contributed by atoms with Crippen LogP contribution in [-0.4, -0.2) is 26.5 Å². The lowest BCUT2D eigenvalue weighted by Gasteiger charge is -2.15. The Hall–Kier alpha value is -2.12. The van der Waals surface area contributed by atoms with Crippen LogP contribution in [0.1, 0.15) is 10.4 Å². The summed E-state index contributed by atoms with van der Waals surface area (Å²) in [5.74, 6) is -1.45. The SMILES string of the molecule is CNc1cc(C(=O)OC)cc(OC(F)(F)F)c1N. The number of benzene rings is 1. The Balaban J connectivity index is 3.27. The van der Waals surface area contributed by atoms with Crippen LogP contribution in [0.25, 0.3) is 0 Å². The van der Waals surface area contributed by atoms with Crippen LogP contribution in [0.2, 0.25) is 0 Å². The average molecular weight is 264 g/mol. The molecule has 100 valence electrons. The lowest BCUT2D eigenvalue weighted by Crippen LogP contribution is -2.19. The number of anilines is 2. The van der Waals surface area contributed by atoms with Gasteiger partial charge in [-0.25, -0.2) is 4.79 Å². The molecule has 0 radical (unpaired) electrons. The molecule has 5 nitrogen and oxygen atoms in total. The molecule has 1 rings (SSSR count). The number of carbonyl (C=O) groups is 1. The van der Waals surface area contributed by atoms with Crippen molar-refractivity contribution in [3.8, 4) is 5.75 Å². The quantitative estimate of drug-likeness (QED) is 0.645. The zero-order valence-corrected chi connectivity index (χ0v) is 9.59. The number of halogens is 3. The van der Waals surface area contributed by atoms with Crippen LogP contribution < -0.4 is 15.8 Å². The first kappa shape index (κ1) is 13.9. The summed E-state index contributed by atoms with van der Waals surface area (Å²) in [4.78, 5) is 11.3. The van der Waals surface area contributed by atoms with Crippen molar-refractivity contribution in [2.45, 2.75) is 6.36 Å². The number of methoxy groups -OCH3 is 1. The highest BCUT2D eigenvalue weighted by molar-refractivity contribution is 5.93. The summed E-state index contributed by atoms with van der Waals surface area (Å²) in [5.41, 5.74) is 5.26. The molecule has 0 aliphatic rings. The Bertz CT molecular complexity index is 460. The van der Waals surface area contributed by atoms with Gasteiger partial charge in [0.2, 0.25) is 0 Å². The molecule has 3 N–H and O–H groups in total. The number of esters is 1. The van der Waals surface area contributed by atoms with Crippen molar-refractivity contribution in [1.29, 1.82) is 0 Å². The van der Waals surface area contributed by atoms with E-state index in [1.807, 2.05) is 0 Å². The van der Waals surface area contributed by atoms with Crippen LogP contribution in [0.15, 0.2) is 12.1 Å². The highest BCUT2D eigenvalue weighted by Gasteiger charge is 2.32. The van der Waals surface area contributed by atoms with Crippen LogP contribution in [0.3, 0.4) is 0 Å². The molecule has 0 spiro atoms. The maximum absolute atomic E-state index is 12.2. The number of alkyl halides is 3. The number of carbonyl (C=O) groups excluding carboxylic acids is 1. The normalized spacial score (nSPS) is 10.9. The molecule has 0 heterocycles. The fourth-order valence-corrected chi connectivity index (χ4v) is 1.28. The van der Waals surface area contributed by atoms with E-state index >= 15 is 0 Å². The topological polar surface area (TPSA) is 73.6 Å². The first-order valence-electron chi connectivity index (χ1n) is 4.74. The summed E-state index contributed by atoms with van der Waals surface area (Å²) in [5, 5.41) is 2.56. The van der Waals surface area contributed by atoms with Crippen LogP contribution in [-0.2, 0) is 4.74 Å². The molecular weight excluding hydrogens is 253 g/mol. The van der Waals surface area contributed by atoms with E-state index in [0.29, 0.717) is 0 Å². The molecule has 1 aromatic carbocycles. The van der Waals surface area contributed by atoms with Gasteiger partial charge in [-0.15, -0.1) is 13.2 Å². The molecule has 0 aromatic heterocycles. The Morgan fingerprint density at radius 1 is 1.39 bits per heavy atom. The number of nitrogens with two attached hydrogens (primary N) is 1. The van der Waals surface area contributed by atoms with Crippen molar-refractivity contribution in [3.63, 3.8) is 0 Å². The molecule has 8 heteroatoms. The molecule has 0 atom stereocenters. The Labute approximate surface area is 101 Å². The van der Waals surface area contributed by atoms with Crippen molar-refractivity contribution >= 4 is 17.3 Å². The van der Waals surface area contributed by atoms with Gasteiger partial charge in [0.15, 0.2) is 5.75 Å². The smallest absolute Gasteiger partial charge is 0.465 e. The number of nitrogen functional groups attached to an aromatic ring is 1. The van der Waals surface area contributed by atoms with Gasteiger partial charge in [0.1, 0.15) is 0 Å². The van der Waals surface area contributed by atoms with Crippen LogP contribution in [0, 0.1) is 0 Å². The number of nitrogens with one attached hydrogen (secondary N) is 1. The van der Waals surface area contributed by atoms with E-state index < -0.39 is 18.1 Å². The second-order valence-corrected chi connectivity index (χ2v) is 3.23. The molecular formula is C10H11F3N2O3. The molecule has 0 bridgehead atoms. The van der Waals surface area contributed by atoms with E-state index in [0.717, 1.165) is 13.2 Å². The Kier molecular flexibility index (Phi) is 3.89. The lowest BCUT2D eigenvalue weighted by molar-refractivity contribution is -0.274. The molecule has 1 aromatic rings. The molecule has 0 saturated heterocycles. The maximum atomic E-state index is 12.2. The number of ether oxygens (including phenoxy) is 2. The number of rotatable bonds is 3. The van der Waals surface area contributed by atoms with Gasteiger partial charge in [-0.1, -0.05) is 0 Å². The number of hydrogen-bond acceptors (Lipinski definition) is 5. The second kappa shape index (κ2) is 5.03. The van der Waals surface area contributed by atoms with E-state index in [4.69, 9.17) is 5.73 Å². The molecule has 0 aliphatic heterocycles. The predicted octanol–water partition coefficient (Wildman–Crippen LogP) is 2.00. The van der Waals surface area contributed by atoms with Gasteiger partial charge in [-0.3, -0.25) is 0 Å². The average Bonchev–Trinajstić information content (AvgIpc) is 2.29. The fourth-order valence-electron chi connectivity index (χ4n) is 1.28. The summed E-state index contributed by atoms with van der Waals surface area (Å²) >= 11 is 0. The van der Waals surface area contributed by atoms with Crippen LogP contribution in [0.4, 0.5) is 24.5 Å². The van der Waals surface area contributed by atoms with Gasteiger partial charge < -0.3 is 20.5 Å². The highest BCUT2D eigenvalue weighted by atomic mass is 19.4. The second-order valence-electron chi connectivity index (χ2n) is 3.23. The van der Waals surface area contributed by atoms with Crippen LogP contribution >= 0.6 is 0 Å². The summed E-state index contributed by atoms with van der Waals surface area (Å²) in [6, 6.07) is 2.14. The summed E-state index contributed by atoms with van der Waals surface area (Å²) < 4.78 is 44.6. The van der Waals surface area contributed by atoms with Crippen molar-refractivity contribution in [1.82, 2.24) is 0 Å². The largest absolute Gasteiger partial charge is 0.573 e. The van der Waals surface area contributed by atoms with Crippen molar-refractivity contribution < 1.29 is 27.4 Å². The van der Waals surface area contributed by atoms with E-state index in [1.165, 1.54) is 13.1 Å². The van der Waals surface area contributed by atoms with Crippen molar-refractivity contribution in [2.24, 2.45) is 0 Å². The third-order valence-electron chi connectivity index (χ3n) is 2.06. The van der Waals surface area contributed by atoms with Gasteiger partial charge >= 0.3 is 12.3 Å². The van der Waals surface area contributed by atoms with Crippen LogP contribution in [0.5, 0.6) is 5.75 Å². The third kappa shape index (κ3) is 3.19. The minimum absolute atomic E-state index is 0.102. The van der Waals surface area contributed by atoms with E-state index in [1.54, 1.807) is 0 Å². The Morgan fingerprint density at radius 2 is 2.00 bits per heavy atom. The molecule has 0 fully saturated rings. The van der Waals surface area contributed by atoms with Gasteiger partial charge in [0.05, 0.1) is 24.0 Å². The zero-order chi connectivity index (χ0) is 13.9. The predicted molar refractivity (Wildman–Crippen MR) is 58.4 cm³/mol. The Morgan fingerprint density at radius 3 is 2.44 bits per heavy atom. The first-order chi connectivity index (χ1) is 8.28. The lowest BCUT2D eigenvalue weighted by atomic mass is 10.1. The van der Waals surface area contributed by atoms with Crippen molar-refractivity contribution in [2.75, 3.05) is 25.2 Å². The van der Waals surface area contributed by atoms with E-state index in [9.17, 15) is 18.0 Å². The third-order valence-corrected chi connectivity index (χ3v) is 2.06. The first-order valence-corrected chi connectivity index (χ1v) is 4.74. The van der Waals surface area contributed by atoms with E-state index in [-0.39, 0.29) is 16.9 Å². The molecule has 0 saturated carbocycles. The summed E-state index contributed by atoms with van der Waals surface area (Å²) in [7, 11) is 2.56. The molecule has 0 amide bonds. The minimum atomic E-state index is -4.89. The van der Waals surface area contributed by atoms with Crippen molar-refractivity contribution in [3.05, 3.63) is 17.7 Å². The summed E-state index contributed by atoms with van der Waals surface area (Å²) in [6.07, 6.45) is -4.89. The molecule has 0 aliphatic carbocycles. The maximum Gasteiger partial charge on any atom is 0.573 e. The highest BCUT2D eigenvalue weighted by Crippen LogP contribution is 2.35. The van der Waals surface area contributed by atoms with E-state index in [2.05, 4.69) is 14.8 Å².